The maximum atomic E-state index is 6.81. The summed E-state index contributed by atoms with van der Waals surface area (Å²) in [7, 11) is 0. The highest BCUT2D eigenvalue weighted by molar-refractivity contribution is 5.43. The Morgan fingerprint density at radius 1 is 0.810 bits per heavy atom. The molecule has 5 aliphatic rings. The van der Waals surface area contributed by atoms with Crippen molar-refractivity contribution in [2.45, 2.75) is 124 Å². The number of rotatable bonds is 9. The number of hydrogen-bond donors (Lipinski definition) is 0. The summed E-state index contributed by atoms with van der Waals surface area (Å²) in [5.41, 5.74) is 3.39. The monoisotopic (exact) mass is 568 g/mol. The fourth-order valence-electron chi connectivity index (χ4n) is 11.6. The molecule has 42 heavy (non-hydrogen) atoms. The first kappa shape index (κ1) is 28.9. The van der Waals surface area contributed by atoms with E-state index in [2.05, 4.69) is 89.2 Å². The molecule has 1 saturated heterocycles. The molecule has 0 unspecified atom stereocenters. The minimum atomic E-state index is -0.128. The number of hydrogen-bond acceptors (Lipinski definition) is 2. The van der Waals surface area contributed by atoms with Gasteiger partial charge in [0.2, 0.25) is 0 Å². The lowest BCUT2D eigenvalue weighted by Crippen LogP contribution is -2.54. The summed E-state index contributed by atoms with van der Waals surface area (Å²) in [5, 5.41) is 0. The van der Waals surface area contributed by atoms with Gasteiger partial charge in [0.15, 0.2) is 0 Å². The van der Waals surface area contributed by atoms with Crippen LogP contribution >= 0.6 is 0 Å². The summed E-state index contributed by atoms with van der Waals surface area (Å²) in [6.07, 6.45) is 15.8. The topological polar surface area (TPSA) is 21.8 Å². The second-order valence-corrected chi connectivity index (χ2v) is 16.4. The van der Waals surface area contributed by atoms with Gasteiger partial charge in [-0.05, 0) is 115 Å². The van der Waals surface area contributed by atoms with Gasteiger partial charge in [-0.25, -0.2) is 0 Å². The van der Waals surface area contributed by atoms with Gasteiger partial charge in [-0.3, -0.25) is 0 Å². The first-order valence-corrected chi connectivity index (χ1v) is 17.7. The largest absolute Gasteiger partial charge is 0.489 e. The molecule has 5 fully saturated rings. The zero-order chi connectivity index (χ0) is 29.1. The van der Waals surface area contributed by atoms with Crippen molar-refractivity contribution in [3.63, 3.8) is 0 Å². The van der Waals surface area contributed by atoms with Gasteiger partial charge in [0, 0.05) is 5.56 Å². The highest BCUT2D eigenvalue weighted by Crippen LogP contribution is 2.72. The van der Waals surface area contributed by atoms with Crippen molar-refractivity contribution in [1.82, 2.24) is 0 Å². The normalized spacial score (nSPS) is 40.9. The molecule has 2 nitrogen and oxygen atoms in total. The van der Waals surface area contributed by atoms with Crippen LogP contribution in [0, 0.1) is 52.3 Å². The van der Waals surface area contributed by atoms with Crippen LogP contribution in [0.15, 0.2) is 54.6 Å². The smallest absolute Gasteiger partial charge is 0.126 e. The molecule has 1 heterocycles. The van der Waals surface area contributed by atoms with Gasteiger partial charge in [0.1, 0.15) is 18.0 Å². The summed E-state index contributed by atoms with van der Waals surface area (Å²) in [4.78, 5) is 0. The van der Waals surface area contributed by atoms with E-state index in [9.17, 15) is 0 Å². The van der Waals surface area contributed by atoms with Gasteiger partial charge in [-0.2, -0.15) is 0 Å². The molecule has 0 bridgehead atoms. The van der Waals surface area contributed by atoms with E-state index in [0.29, 0.717) is 23.5 Å². The fraction of sp³-hybridized carbons (Fsp3) is 0.700. The van der Waals surface area contributed by atoms with Gasteiger partial charge in [-0.1, -0.05) is 102 Å². The van der Waals surface area contributed by atoms with Crippen LogP contribution in [0.25, 0.3) is 0 Å². The van der Waals surface area contributed by atoms with Crippen molar-refractivity contribution in [2.24, 2.45) is 52.3 Å². The summed E-state index contributed by atoms with van der Waals surface area (Å²) in [6.45, 7) is 13.4. The van der Waals surface area contributed by atoms with Crippen LogP contribution in [0.5, 0.6) is 5.75 Å². The molecule has 0 spiro atoms. The van der Waals surface area contributed by atoms with E-state index >= 15 is 0 Å². The highest BCUT2D eigenvalue weighted by atomic mass is 16.6. The van der Waals surface area contributed by atoms with Crippen molar-refractivity contribution in [3.05, 3.63) is 65.7 Å². The van der Waals surface area contributed by atoms with E-state index in [1.807, 2.05) is 0 Å². The number of para-hydroxylation sites is 1. The minimum absolute atomic E-state index is 0.128. The van der Waals surface area contributed by atoms with E-state index in [0.717, 1.165) is 47.2 Å². The van der Waals surface area contributed by atoms with Crippen LogP contribution in [0.4, 0.5) is 0 Å². The molecular formula is C40H56O2. The fourth-order valence-corrected chi connectivity index (χ4v) is 11.6. The average Bonchev–Trinajstić information content (AvgIpc) is 3.57. The van der Waals surface area contributed by atoms with E-state index in [4.69, 9.17) is 9.47 Å². The Labute approximate surface area is 256 Å². The third-order valence-corrected chi connectivity index (χ3v) is 13.8. The molecule has 2 aromatic rings. The molecule has 2 aromatic carbocycles. The average molecular weight is 569 g/mol. The Morgan fingerprint density at radius 2 is 1.57 bits per heavy atom. The van der Waals surface area contributed by atoms with Gasteiger partial charge >= 0.3 is 0 Å². The number of epoxide rings is 1. The zero-order valence-corrected chi connectivity index (χ0v) is 27.1. The van der Waals surface area contributed by atoms with Crippen molar-refractivity contribution < 1.29 is 9.47 Å². The van der Waals surface area contributed by atoms with E-state index in [1.165, 1.54) is 81.8 Å². The molecule has 0 N–H and O–H groups in total. The third-order valence-electron chi connectivity index (χ3n) is 13.8. The maximum Gasteiger partial charge on any atom is 0.126 e. The Morgan fingerprint density at radius 3 is 2.38 bits per heavy atom. The first-order chi connectivity index (χ1) is 20.2. The van der Waals surface area contributed by atoms with Crippen molar-refractivity contribution in [3.8, 4) is 5.75 Å². The molecular weight excluding hydrogens is 512 g/mol. The van der Waals surface area contributed by atoms with Crippen LogP contribution in [-0.2, 0) is 16.9 Å². The molecule has 4 saturated carbocycles. The van der Waals surface area contributed by atoms with E-state index in [1.54, 1.807) is 0 Å². The van der Waals surface area contributed by atoms with E-state index < -0.39 is 0 Å². The molecule has 1 aliphatic heterocycles. The Kier molecular flexibility index (Phi) is 7.56. The Balaban J connectivity index is 1.05. The summed E-state index contributed by atoms with van der Waals surface area (Å²) < 4.78 is 13.3. The highest BCUT2D eigenvalue weighted by Gasteiger charge is 2.70. The van der Waals surface area contributed by atoms with Crippen LogP contribution in [0.2, 0.25) is 0 Å². The summed E-state index contributed by atoms with van der Waals surface area (Å²) in [5.74, 6) is 7.23. The van der Waals surface area contributed by atoms with Crippen LogP contribution < -0.4 is 4.74 Å². The number of ether oxygens (including phenoxy) is 2. The van der Waals surface area contributed by atoms with Crippen molar-refractivity contribution >= 4 is 0 Å². The summed E-state index contributed by atoms with van der Waals surface area (Å²) >= 11 is 0. The predicted molar refractivity (Wildman–Crippen MR) is 172 cm³/mol. The van der Waals surface area contributed by atoms with E-state index in [-0.39, 0.29) is 5.60 Å². The lowest BCUT2D eigenvalue weighted by molar-refractivity contribution is -0.114. The standard InChI is InChI=1S/C40H56O2/c1-27(2)12-11-13-28(3)32-20-21-33-31-19-18-30-24-40(37(42-40)25-39(30,5)34(31)22-23-38(32,33)4)35-16-9-10-17-36(35)41-26-29-14-7-6-8-15-29/h6-10,14-17,27-28,30-34,37H,11-13,18-26H2,1-5H3/t28-,30+,31+,32-,33+,34+,37-,38-,39+,40-/m1/s1. The molecule has 7 rings (SSSR count). The molecule has 0 amide bonds. The molecule has 4 aliphatic carbocycles. The van der Waals surface area contributed by atoms with Crippen LogP contribution in [0.1, 0.15) is 116 Å². The molecule has 10 atom stereocenters. The van der Waals surface area contributed by atoms with Crippen molar-refractivity contribution in [1.29, 1.82) is 0 Å². The second kappa shape index (κ2) is 11.0. The summed E-state index contributed by atoms with van der Waals surface area (Å²) in [6, 6.07) is 19.3. The molecule has 228 valence electrons. The second-order valence-electron chi connectivity index (χ2n) is 16.4. The van der Waals surface area contributed by atoms with Gasteiger partial charge < -0.3 is 9.47 Å². The minimum Gasteiger partial charge on any atom is -0.489 e. The number of benzene rings is 2. The van der Waals surface area contributed by atoms with Crippen LogP contribution in [0.3, 0.4) is 0 Å². The number of fused-ring (bicyclic) bond motifs is 6. The molecule has 0 aromatic heterocycles. The van der Waals surface area contributed by atoms with Crippen molar-refractivity contribution in [2.75, 3.05) is 0 Å². The first-order valence-electron chi connectivity index (χ1n) is 17.7. The van der Waals surface area contributed by atoms with Gasteiger partial charge in [-0.15, -0.1) is 0 Å². The lowest BCUT2D eigenvalue weighted by Gasteiger charge is -2.60. The quantitative estimate of drug-likeness (QED) is 0.281. The SMILES string of the molecule is CC(C)CCC[C@@H](C)[C@H]1CC[C@H]2[C@@H]3CC[C@H]4C[C@]5(c6ccccc6OCc6ccccc6)O[C@@H]5C[C@]4(C)[C@H]3CC[C@]12C. The lowest BCUT2D eigenvalue weighted by atomic mass is 9.43. The van der Waals surface area contributed by atoms with Gasteiger partial charge in [0.05, 0.1) is 6.10 Å². The molecule has 0 radical (unpaired) electrons. The maximum absolute atomic E-state index is 6.81. The third kappa shape index (κ3) is 4.78. The van der Waals surface area contributed by atoms with Crippen LogP contribution in [-0.4, -0.2) is 6.10 Å². The zero-order valence-electron chi connectivity index (χ0n) is 27.1. The molecule has 2 heteroatoms. The predicted octanol–water partition coefficient (Wildman–Crippen LogP) is 10.6. The Hall–Kier alpha value is -1.80. The Bertz CT molecular complexity index is 1240. The van der Waals surface area contributed by atoms with Gasteiger partial charge in [0.25, 0.3) is 0 Å².